The van der Waals surface area contributed by atoms with Crippen LogP contribution in [0.3, 0.4) is 0 Å². The van der Waals surface area contributed by atoms with Crippen LogP contribution in [-0.4, -0.2) is 65.0 Å². The molecule has 0 amide bonds. The van der Waals surface area contributed by atoms with Gasteiger partial charge in [-0.3, -0.25) is 4.90 Å². The summed E-state index contributed by atoms with van der Waals surface area (Å²) in [7, 11) is 1.51. The Morgan fingerprint density at radius 1 is 1.38 bits per heavy atom. The molecule has 29 heavy (non-hydrogen) atoms. The zero-order chi connectivity index (χ0) is 20.3. The summed E-state index contributed by atoms with van der Waals surface area (Å²) < 4.78 is 24.4. The summed E-state index contributed by atoms with van der Waals surface area (Å²) in [4.78, 5) is 14.9. The van der Waals surface area contributed by atoms with Gasteiger partial charge in [-0.05, 0) is 32.7 Å². The largest absolute Gasteiger partial charge is 0.496 e. The second kappa shape index (κ2) is 5.55. The van der Waals surface area contributed by atoms with Crippen molar-refractivity contribution in [2.24, 2.45) is 17.8 Å². The van der Waals surface area contributed by atoms with Gasteiger partial charge in [0.2, 0.25) is 11.9 Å². The summed E-state index contributed by atoms with van der Waals surface area (Å²) in [5.41, 5.74) is 0.443. The lowest BCUT2D eigenvalue weighted by Gasteiger charge is -2.48. The highest BCUT2D eigenvalue weighted by Crippen LogP contribution is 2.74. The first-order valence-electron chi connectivity index (χ1n) is 11.2. The molecule has 0 aromatic rings. The number of esters is 1. The van der Waals surface area contributed by atoms with Gasteiger partial charge in [-0.15, -0.1) is 0 Å². The van der Waals surface area contributed by atoms with Crippen molar-refractivity contribution in [3.05, 3.63) is 11.3 Å². The number of hydrogen-bond acceptors (Lipinski definition) is 7. The molecule has 0 aromatic carbocycles. The molecule has 3 unspecified atom stereocenters. The highest BCUT2D eigenvalue weighted by Gasteiger charge is 2.86. The van der Waals surface area contributed by atoms with Crippen molar-refractivity contribution in [1.82, 2.24) is 4.90 Å². The summed E-state index contributed by atoms with van der Waals surface area (Å²) in [5.74, 6) is -2.46. The molecule has 5 saturated heterocycles. The molecule has 0 saturated carbocycles. The summed E-state index contributed by atoms with van der Waals surface area (Å²) in [6.07, 6.45) is 4.73. The van der Waals surface area contributed by atoms with Crippen molar-refractivity contribution < 1.29 is 28.8 Å². The molecular weight excluding hydrogens is 374 g/mol. The lowest BCUT2D eigenvalue weighted by molar-refractivity contribution is -0.349. The number of aliphatic hydroxyl groups is 1. The van der Waals surface area contributed by atoms with Crippen LogP contribution in [0.2, 0.25) is 0 Å². The number of methoxy groups -OCH3 is 1. The van der Waals surface area contributed by atoms with E-state index in [1.54, 1.807) is 6.92 Å². The van der Waals surface area contributed by atoms with Crippen molar-refractivity contribution >= 4 is 5.97 Å². The Balaban J connectivity index is 1.43. The third-order valence-corrected chi connectivity index (χ3v) is 9.08. The maximum absolute atomic E-state index is 12.2. The molecule has 10 atom stereocenters. The zero-order valence-electron chi connectivity index (χ0n) is 17.6. The number of piperidine rings is 1. The van der Waals surface area contributed by atoms with Gasteiger partial charge in [-0.2, -0.15) is 0 Å². The first kappa shape index (κ1) is 18.6. The summed E-state index contributed by atoms with van der Waals surface area (Å²) in [5, 5.41) is 11.9. The van der Waals surface area contributed by atoms with Crippen molar-refractivity contribution in [3.63, 3.8) is 0 Å². The number of rotatable bonds is 5. The molecule has 0 aliphatic carbocycles. The Kier molecular flexibility index (Phi) is 3.56. The Hall–Kier alpha value is -1.15. The molecule has 6 rings (SSSR count). The van der Waals surface area contributed by atoms with E-state index in [1.807, 2.05) is 6.92 Å². The van der Waals surface area contributed by atoms with Gasteiger partial charge in [0.05, 0.1) is 24.3 Å². The maximum Gasteiger partial charge on any atom is 0.338 e. The second-order valence-corrected chi connectivity index (χ2v) is 9.91. The van der Waals surface area contributed by atoms with Crippen LogP contribution in [-0.2, 0) is 23.7 Å². The van der Waals surface area contributed by atoms with Crippen LogP contribution >= 0.6 is 0 Å². The predicted octanol–water partition coefficient (Wildman–Crippen LogP) is 1.94. The van der Waals surface area contributed by atoms with E-state index in [0.29, 0.717) is 17.4 Å². The molecule has 1 spiro atoms. The lowest BCUT2D eigenvalue weighted by atomic mass is 9.68. The number of nitrogens with zero attached hydrogens (tertiary/aromatic N) is 1. The predicted molar refractivity (Wildman–Crippen MR) is 101 cm³/mol. The van der Waals surface area contributed by atoms with Gasteiger partial charge < -0.3 is 24.1 Å². The summed E-state index contributed by atoms with van der Waals surface area (Å²) in [6, 6.07) is 0.349. The third kappa shape index (κ3) is 1.80. The minimum Gasteiger partial charge on any atom is -0.496 e. The molecule has 1 N–H and O–H groups in total. The van der Waals surface area contributed by atoms with E-state index in [2.05, 4.69) is 11.8 Å². The van der Waals surface area contributed by atoms with E-state index in [1.165, 1.54) is 13.5 Å². The smallest absolute Gasteiger partial charge is 0.338 e. The summed E-state index contributed by atoms with van der Waals surface area (Å²) in [6.45, 7) is 7.01. The third-order valence-electron chi connectivity index (χ3n) is 9.08. The standard InChI is InChI=1S/C22H31NO6/c1-5-6-8-20-14-7-9-23(20)13-10-15(20)28-22(14)16(13)12(3)21(25,29-22)18-17(26-4)11(2)19(24)27-18/h12-16,18,25H,5-10H2,1-4H3/t12-,13-,14-,15-,16+,18?,20-,21?,22+/m0/s1. The molecule has 7 heteroatoms. The van der Waals surface area contributed by atoms with E-state index in [0.717, 1.165) is 32.2 Å². The molecule has 160 valence electrons. The van der Waals surface area contributed by atoms with E-state index in [4.69, 9.17) is 18.9 Å². The van der Waals surface area contributed by atoms with Crippen LogP contribution in [0.5, 0.6) is 0 Å². The quantitative estimate of drug-likeness (QED) is 0.701. The normalized spacial score (nSPS) is 56.4. The fourth-order valence-corrected chi connectivity index (χ4v) is 8.05. The SMILES string of the molecule is CCCC[C@@]12[C@@H]3C[C@H]4[C@H]5[C@H](C)C(O)(C6OC(=O)C(C)=C6OC)O[C@]5(O3)[C@H]1CCN42. The average molecular weight is 405 g/mol. The average Bonchev–Trinajstić information content (AvgIpc) is 3.38. The molecular formula is C22H31NO6. The van der Waals surface area contributed by atoms with Crippen molar-refractivity contribution in [1.29, 1.82) is 0 Å². The summed E-state index contributed by atoms with van der Waals surface area (Å²) >= 11 is 0. The Morgan fingerprint density at radius 3 is 2.90 bits per heavy atom. The van der Waals surface area contributed by atoms with E-state index < -0.39 is 23.6 Å². The first-order chi connectivity index (χ1) is 13.8. The van der Waals surface area contributed by atoms with Crippen LogP contribution in [0.25, 0.3) is 0 Å². The minimum absolute atomic E-state index is 0.0460. The molecule has 7 nitrogen and oxygen atoms in total. The van der Waals surface area contributed by atoms with Crippen molar-refractivity contribution in [3.8, 4) is 0 Å². The van der Waals surface area contributed by atoms with E-state index >= 15 is 0 Å². The second-order valence-electron chi connectivity index (χ2n) is 9.91. The van der Waals surface area contributed by atoms with Gasteiger partial charge >= 0.3 is 5.97 Å². The highest BCUT2D eigenvalue weighted by molar-refractivity contribution is 5.91. The number of fused-ring (bicyclic) bond motifs is 1. The van der Waals surface area contributed by atoms with Crippen LogP contribution in [0.4, 0.5) is 0 Å². The van der Waals surface area contributed by atoms with Crippen LogP contribution in [0, 0.1) is 17.8 Å². The molecule has 6 aliphatic rings. The van der Waals surface area contributed by atoms with Gasteiger partial charge in [-0.1, -0.05) is 26.7 Å². The van der Waals surface area contributed by atoms with E-state index in [9.17, 15) is 9.90 Å². The van der Waals surface area contributed by atoms with Gasteiger partial charge in [0, 0.05) is 23.8 Å². The molecule has 0 radical (unpaired) electrons. The van der Waals surface area contributed by atoms with Crippen molar-refractivity contribution in [2.75, 3.05) is 13.7 Å². The monoisotopic (exact) mass is 405 g/mol. The molecule has 0 aromatic heterocycles. The first-order valence-corrected chi connectivity index (χ1v) is 11.2. The Bertz CT molecular complexity index is 813. The van der Waals surface area contributed by atoms with Crippen LogP contribution < -0.4 is 0 Å². The molecule has 5 bridgehead atoms. The number of unbranched alkanes of at least 4 members (excludes halogenated alkanes) is 1. The Labute approximate surface area is 171 Å². The minimum atomic E-state index is -1.65. The lowest BCUT2D eigenvalue weighted by Crippen LogP contribution is -2.61. The van der Waals surface area contributed by atoms with Crippen molar-refractivity contribution in [2.45, 2.75) is 88.2 Å². The van der Waals surface area contributed by atoms with Crippen LogP contribution in [0.15, 0.2) is 11.3 Å². The van der Waals surface area contributed by atoms with Gasteiger partial charge in [0.1, 0.15) is 0 Å². The number of ether oxygens (including phenoxy) is 4. The van der Waals surface area contributed by atoms with Crippen LogP contribution in [0.1, 0.15) is 52.9 Å². The molecule has 6 heterocycles. The number of carbonyl (C=O) groups excluding carboxylic acids is 1. The number of hydrogen-bond donors (Lipinski definition) is 1. The topological polar surface area (TPSA) is 77.5 Å². The fourth-order valence-electron chi connectivity index (χ4n) is 8.05. The van der Waals surface area contributed by atoms with Gasteiger partial charge in [0.15, 0.2) is 11.5 Å². The molecule has 6 aliphatic heterocycles. The van der Waals surface area contributed by atoms with Gasteiger partial charge in [-0.25, -0.2) is 4.79 Å². The fraction of sp³-hybridized carbons (Fsp3) is 0.864. The van der Waals surface area contributed by atoms with Gasteiger partial charge in [0.25, 0.3) is 0 Å². The Morgan fingerprint density at radius 2 is 2.17 bits per heavy atom. The van der Waals surface area contributed by atoms with E-state index in [-0.39, 0.29) is 29.4 Å². The number of carbonyl (C=O) groups is 1. The maximum atomic E-state index is 12.2. The molecule has 5 fully saturated rings. The highest BCUT2D eigenvalue weighted by atomic mass is 16.8. The zero-order valence-corrected chi connectivity index (χ0v) is 17.6. The number of cyclic esters (lactones) is 1.